The molecular formula is C18H25NO3. The number of rotatable bonds is 4. The van der Waals surface area contributed by atoms with E-state index in [1.807, 2.05) is 24.3 Å². The van der Waals surface area contributed by atoms with E-state index in [0.29, 0.717) is 12.8 Å². The third-order valence-corrected chi connectivity index (χ3v) is 4.55. The van der Waals surface area contributed by atoms with Crippen LogP contribution in [0.3, 0.4) is 0 Å². The summed E-state index contributed by atoms with van der Waals surface area (Å²) in [5.41, 5.74) is 1.12. The number of carbonyl (C=O) groups is 2. The molecule has 0 bridgehead atoms. The fraction of sp³-hybridized carbons (Fsp3) is 0.556. The van der Waals surface area contributed by atoms with Gasteiger partial charge in [-0.2, -0.15) is 0 Å². The van der Waals surface area contributed by atoms with Crippen LogP contribution < -0.4 is 5.32 Å². The SMILES string of the molecule is CC(C)(C)c1ccc(NC(=O)CC2(C(=O)O)CCCC2)cc1. The summed E-state index contributed by atoms with van der Waals surface area (Å²) in [6, 6.07) is 7.75. The van der Waals surface area contributed by atoms with Crippen LogP contribution in [0.5, 0.6) is 0 Å². The minimum atomic E-state index is -0.866. The second-order valence-electron chi connectivity index (χ2n) is 7.34. The number of aliphatic carboxylic acids is 1. The van der Waals surface area contributed by atoms with Crippen LogP contribution in [0.1, 0.15) is 58.4 Å². The van der Waals surface area contributed by atoms with Gasteiger partial charge in [0.05, 0.1) is 5.41 Å². The van der Waals surface area contributed by atoms with Crippen molar-refractivity contribution in [2.45, 2.75) is 58.3 Å². The molecule has 0 heterocycles. The second-order valence-corrected chi connectivity index (χ2v) is 7.34. The average Bonchev–Trinajstić information content (AvgIpc) is 2.88. The average molecular weight is 303 g/mol. The Balaban J connectivity index is 2.01. The number of carboxylic acids is 1. The zero-order valence-corrected chi connectivity index (χ0v) is 13.6. The quantitative estimate of drug-likeness (QED) is 0.884. The Morgan fingerprint density at radius 3 is 2.14 bits per heavy atom. The van der Waals surface area contributed by atoms with Crippen LogP contribution >= 0.6 is 0 Å². The molecule has 4 heteroatoms. The first-order valence-electron chi connectivity index (χ1n) is 7.87. The van der Waals surface area contributed by atoms with Crippen molar-refractivity contribution in [3.63, 3.8) is 0 Å². The molecule has 1 aromatic rings. The van der Waals surface area contributed by atoms with Crippen molar-refractivity contribution in [1.82, 2.24) is 0 Å². The molecule has 0 saturated heterocycles. The van der Waals surface area contributed by atoms with Crippen LogP contribution in [0.15, 0.2) is 24.3 Å². The van der Waals surface area contributed by atoms with E-state index >= 15 is 0 Å². The Hall–Kier alpha value is -1.84. The van der Waals surface area contributed by atoms with E-state index in [1.165, 1.54) is 5.56 Å². The first-order valence-corrected chi connectivity index (χ1v) is 7.87. The molecular weight excluding hydrogens is 278 g/mol. The lowest BCUT2D eigenvalue weighted by Crippen LogP contribution is -2.32. The first kappa shape index (κ1) is 16.5. The largest absolute Gasteiger partial charge is 0.481 e. The molecule has 1 aliphatic carbocycles. The van der Waals surface area contributed by atoms with Crippen molar-refractivity contribution in [2.75, 3.05) is 5.32 Å². The monoisotopic (exact) mass is 303 g/mol. The molecule has 22 heavy (non-hydrogen) atoms. The third-order valence-electron chi connectivity index (χ3n) is 4.55. The van der Waals surface area contributed by atoms with E-state index in [4.69, 9.17) is 0 Å². The first-order chi connectivity index (χ1) is 10.2. The highest BCUT2D eigenvalue weighted by Crippen LogP contribution is 2.41. The molecule has 0 atom stereocenters. The molecule has 1 amide bonds. The standard InChI is InChI=1S/C18H25NO3/c1-17(2,3)13-6-8-14(9-7-13)19-15(20)12-18(16(21)22)10-4-5-11-18/h6-9H,4-5,10-12H2,1-3H3,(H,19,20)(H,21,22). The highest BCUT2D eigenvalue weighted by molar-refractivity contribution is 5.94. The van der Waals surface area contributed by atoms with Gasteiger partial charge in [-0.05, 0) is 36.0 Å². The van der Waals surface area contributed by atoms with Gasteiger partial charge in [-0.3, -0.25) is 9.59 Å². The molecule has 1 fully saturated rings. The highest BCUT2D eigenvalue weighted by Gasteiger charge is 2.42. The van der Waals surface area contributed by atoms with E-state index in [9.17, 15) is 14.7 Å². The van der Waals surface area contributed by atoms with Gasteiger partial charge >= 0.3 is 5.97 Å². The Kier molecular flexibility index (Phi) is 4.59. The molecule has 0 spiro atoms. The van der Waals surface area contributed by atoms with Crippen LogP contribution in [0.4, 0.5) is 5.69 Å². The lowest BCUT2D eigenvalue weighted by molar-refractivity contribution is -0.150. The topological polar surface area (TPSA) is 66.4 Å². The van der Waals surface area contributed by atoms with E-state index in [-0.39, 0.29) is 17.7 Å². The predicted octanol–water partition coefficient (Wildman–Crippen LogP) is 3.96. The summed E-state index contributed by atoms with van der Waals surface area (Å²) in [5, 5.41) is 12.2. The van der Waals surface area contributed by atoms with Gasteiger partial charge in [-0.1, -0.05) is 45.7 Å². The van der Waals surface area contributed by atoms with Crippen molar-refractivity contribution >= 4 is 17.6 Å². The van der Waals surface area contributed by atoms with Crippen LogP contribution in [0.25, 0.3) is 0 Å². The molecule has 1 saturated carbocycles. The van der Waals surface area contributed by atoms with Crippen molar-refractivity contribution in [3.05, 3.63) is 29.8 Å². The zero-order chi connectivity index (χ0) is 16.4. The summed E-state index contributed by atoms with van der Waals surface area (Å²) in [7, 11) is 0. The Morgan fingerprint density at radius 1 is 1.14 bits per heavy atom. The number of anilines is 1. The van der Waals surface area contributed by atoms with Gasteiger partial charge in [0.1, 0.15) is 0 Å². The van der Waals surface area contributed by atoms with E-state index in [1.54, 1.807) is 0 Å². The van der Waals surface area contributed by atoms with Gasteiger partial charge in [-0.25, -0.2) is 0 Å². The van der Waals surface area contributed by atoms with Crippen LogP contribution in [0.2, 0.25) is 0 Å². The summed E-state index contributed by atoms with van der Waals surface area (Å²) in [6.45, 7) is 6.41. The van der Waals surface area contributed by atoms with Crippen LogP contribution in [-0.4, -0.2) is 17.0 Å². The molecule has 0 aliphatic heterocycles. The maximum atomic E-state index is 12.2. The summed E-state index contributed by atoms with van der Waals surface area (Å²) in [4.78, 5) is 23.7. The van der Waals surface area contributed by atoms with Crippen molar-refractivity contribution in [3.8, 4) is 0 Å². The third kappa shape index (κ3) is 3.67. The lowest BCUT2D eigenvalue weighted by Gasteiger charge is -2.23. The maximum absolute atomic E-state index is 12.2. The van der Waals surface area contributed by atoms with Crippen LogP contribution in [-0.2, 0) is 15.0 Å². The molecule has 1 aliphatic rings. The van der Waals surface area contributed by atoms with Gasteiger partial charge in [0.25, 0.3) is 0 Å². The van der Waals surface area contributed by atoms with Gasteiger partial charge < -0.3 is 10.4 Å². The molecule has 2 N–H and O–H groups in total. The van der Waals surface area contributed by atoms with E-state index < -0.39 is 11.4 Å². The number of hydrogen-bond donors (Lipinski definition) is 2. The van der Waals surface area contributed by atoms with Crippen LogP contribution in [0, 0.1) is 5.41 Å². The summed E-state index contributed by atoms with van der Waals surface area (Å²) in [6.07, 6.45) is 3.03. The minimum absolute atomic E-state index is 0.0589. The van der Waals surface area contributed by atoms with Crippen molar-refractivity contribution < 1.29 is 14.7 Å². The number of nitrogens with one attached hydrogen (secondary N) is 1. The molecule has 0 aromatic heterocycles. The minimum Gasteiger partial charge on any atom is -0.481 e. The molecule has 0 radical (unpaired) electrons. The second kappa shape index (κ2) is 6.11. The molecule has 120 valence electrons. The molecule has 1 aromatic carbocycles. The van der Waals surface area contributed by atoms with Gasteiger partial charge in [0.15, 0.2) is 0 Å². The van der Waals surface area contributed by atoms with Gasteiger partial charge in [0.2, 0.25) is 5.91 Å². The Labute approximate surface area is 131 Å². The predicted molar refractivity (Wildman–Crippen MR) is 86.9 cm³/mol. The highest BCUT2D eigenvalue weighted by atomic mass is 16.4. The fourth-order valence-electron chi connectivity index (χ4n) is 3.08. The molecule has 4 nitrogen and oxygen atoms in total. The molecule has 2 rings (SSSR count). The fourth-order valence-corrected chi connectivity index (χ4v) is 3.08. The van der Waals surface area contributed by atoms with Gasteiger partial charge in [-0.15, -0.1) is 0 Å². The lowest BCUT2D eigenvalue weighted by atomic mass is 9.82. The normalized spacial score (nSPS) is 17.2. The number of hydrogen-bond acceptors (Lipinski definition) is 2. The molecule has 0 unspecified atom stereocenters. The summed E-state index contributed by atoms with van der Waals surface area (Å²) in [5.74, 6) is -1.06. The number of carboxylic acid groups (broad SMARTS) is 1. The van der Waals surface area contributed by atoms with Crippen molar-refractivity contribution in [2.24, 2.45) is 5.41 Å². The number of amides is 1. The van der Waals surface area contributed by atoms with Crippen molar-refractivity contribution in [1.29, 1.82) is 0 Å². The van der Waals surface area contributed by atoms with E-state index in [2.05, 4.69) is 26.1 Å². The summed E-state index contributed by atoms with van der Waals surface area (Å²) >= 11 is 0. The number of carbonyl (C=O) groups excluding carboxylic acids is 1. The summed E-state index contributed by atoms with van der Waals surface area (Å²) < 4.78 is 0. The number of benzene rings is 1. The zero-order valence-electron chi connectivity index (χ0n) is 13.6. The Morgan fingerprint density at radius 2 is 1.68 bits per heavy atom. The smallest absolute Gasteiger partial charge is 0.310 e. The van der Waals surface area contributed by atoms with Gasteiger partial charge in [0, 0.05) is 12.1 Å². The van der Waals surface area contributed by atoms with E-state index in [0.717, 1.165) is 18.5 Å². The maximum Gasteiger partial charge on any atom is 0.310 e. The Bertz CT molecular complexity index is 549.